The number of carbonyl (C=O) groups excluding carboxylic acids is 1. The lowest BCUT2D eigenvalue weighted by molar-refractivity contribution is -0.128. The van der Waals surface area contributed by atoms with E-state index >= 15 is 0 Å². The molecule has 190 valence electrons. The van der Waals surface area contributed by atoms with Crippen LogP contribution in [0.2, 0.25) is 0 Å². The molecule has 1 amide bonds. The Labute approximate surface area is 214 Å². The number of nitrogens with zero attached hydrogens (tertiary/aromatic N) is 6. The second-order valence-corrected chi connectivity index (χ2v) is 9.96. The number of aromatic nitrogens is 6. The largest absolute Gasteiger partial charge is 0.419 e. The van der Waals surface area contributed by atoms with E-state index in [0.29, 0.717) is 18.3 Å². The summed E-state index contributed by atoms with van der Waals surface area (Å²) in [5.41, 5.74) is 6.08. The third kappa shape index (κ3) is 4.37. The molecule has 1 aromatic carbocycles. The van der Waals surface area contributed by atoms with Gasteiger partial charge in [0, 0.05) is 66.7 Å². The Bertz CT molecular complexity index is 1580. The highest BCUT2D eigenvalue weighted by atomic mass is 16.4. The fraction of sp³-hybridized carbons (Fsp3) is 0.370. The van der Waals surface area contributed by atoms with Gasteiger partial charge in [-0.15, -0.1) is 10.2 Å². The topological polar surface area (TPSA) is 120 Å². The lowest BCUT2D eigenvalue weighted by Gasteiger charge is -2.19. The molecule has 2 N–H and O–H groups in total. The predicted octanol–water partition coefficient (Wildman–Crippen LogP) is 4.33. The molecular formula is C27H30N8O2. The van der Waals surface area contributed by atoms with Crippen LogP contribution < -0.4 is 0 Å². The first-order valence-corrected chi connectivity index (χ1v) is 12.7. The molecule has 1 fully saturated rings. The predicted molar refractivity (Wildman–Crippen MR) is 141 cm³/mol. The average Bonchev–Trinajstić information content (AvgIpc) is 3.59. The first-order chi connectivity index (χ1) is 18.0. The molecule has 0 bridgehead atoms. The number of nitrogens with one attached hydrogen (secondary N) is 2. The Hall–Kier alpha value is -4.05. The van der Waals surface area contributed by atoms with Crippen LogP contribution in [-0.2, 0) is 11.3 Å². The third-order valence-corrected chi connectivity index (χ3v) is 7.15. The average molecular weight is 499 g/mol. The van der Waals surface area contributed by atoms with E-state index in [-0.39, 0.29) is 11.8 Å². The Morgan fingerprint density at radius 3 is 2.84 bits per heavy atom. The van der Waals surface area contributed by atoms with E-state index in [4.69, 9.17) is 4.42 Å². The number of H-pyrrole nitrogens is 2. The van der Waals surface area contributed by atoms with Gasteiger partial charge in [-0.25, -0.2) is 4.98 Å². The Kier molecular flexibility index (Phi) is 5.96. The van der Waals surface area contributed by atoms with E-state index in [2.05, 4.69) is 61.2 Å². The van der Waals surface area contributed by atoms with Gasteiger partial charge in [0.25, 0.3) is 0 Å². The minimum absolute atomic E-state index is 0.129. The third-order valence-electron chi connectivity index (χ3n) is 7.15. The van der Waals surface area contributed by atoms with Crippen LogP contribution in [0.1, 0.15) is 44.6 Å². The van der Waals surface area contributed by atoms with Gasteiger partial charge < -0.3 is 14.3 Å². The molecule has 0 saturated carbocycles. The van der Waals surface area contributed by atoms with E-state index in [1.807, 2.05) is 23.2 Å². The molecule has 1 saturated heterocycles. The van der Waals surface area contributed by atoms with Crippen molar-refractivity contribution >= 4 is 27.8 Å². The van der Waals surface area contributed by atoms with E-state index in [1.165, 1.54) is 5.56 Å². The molecule has 37 heavy (non-hydrogen) atoms. The summed E-state index contributed by atoms with van der Waals surface area (Å²) in [7, 11) is 0. The lowest BCUT2D eigenvalue weighted by atomic mass is 9.95. The minimum Gasteiger partial charge on any atom is -0.419 e. The van der Waals surface area contributed by atoms with Gasteiger partial charge in [-0.1, -0.05) is 13.8 Å². The molecule has 0 spiro atoms. The van der Waals surface area contributed by atoms with Crippen LogP contribution >= 0.6 is 0 Å². The SMILES string of the molecule is CC(=O)N1CCCN(Cc2nnc(-c3ccc4[nH]c(-c5ccnc6[nH]ncc56)c(C(C)C)c4c3)o2)CC1. The monoisotopic (exact) mass is 498 g/mol. The first kappa shape index (κ1) is 23.4. The maximum Gasteiger partial charge on any atom is 0.247 e. The summed E-state index contributed by atoms with van der Waals surface area (Å²) in [6, 6.07) is 8.24. The molecule has 5 heterocycles. The smallest absolute Gasteiger partial charge is 0.247 e. The lowest BCUT2D eigenvalue weighted by Crippen LogP contribution is -2.33. The second kappa shape index (κ2) is 9.44. The molecule has 0 unspecified atom stereocenters. The molecular weight excluding hydrogens is 468 g/mol. The quantitative estimate of drug-likeness (QED) is 0.370. The van der Waals surface area contributed by atoms with Gasteiger partial charge in [0.1, 0.15) is 0 Å². The van der Waals surface area contributed by atoms with Crippen molar-refractivity contribution in [3.05, 3.63) is 48.1 Å². The number of hydrogen-bond acceptors (Lipinski definition) is 7. The van der Waals surface area contributed by atoms with Crippen molar-refractivity contribution < 1.29 is 9.21 Å². The summed E-state index contributed by atoms with van der Waals surface area (Å²) in [6.45, 7) is 9.83. The number of carbonyl (C=O) groups is 1. The van der Waals surface area contributed by atoms with Crippen LogP contribution in [0.25, 0.3) is 44.6 Å². The molecule has 0 atom stereocenters. The molecule has 1 aliphatic heterocycles. The van der Waals surface area contributed by atoms with Gasteiger partial charge in [-0.3, -0.25) is 14.8 Å². The summed E-state index contributed by atoms with van der Waals surface area (Å²) in [6.07, 6.45) is 4.56. The number of benzene rings is 1. The van der Waals surface area contributed by atoms with E-state index < -0.39 is 0 Å². The van der Waals surface area contributed by atoms with E-state index in [0.717, 1.165) is 71.4 Å². The number of fused-ring (bicyclic) bond motifs is 2. The van der Waals surface area contributed by atoms with Gasteiger partial charge >= 0.3 is 0 Å². The molecule has 10 heteroatoms. The summed E-state index contributed by atoms with van der Waals surface area (Å²) < 4.78 is 6.10. The van der Waals surface area contributed by atoms with Gasteiger partial charge in [0.15, 0.2) is 5.65 Å². The van der Waals surface area contributed by atoms with Crippen LogP contribution in [0.15, 0.2) is 41.1 Å². The molecule has 5 aromatic rings. The number of rotatable bonds is 5. The molecule has 6 rings (SSSR count). The van der Waals surface area contributed by atoms with Crippen molar-refractivity contribution in [2.75, 3.05) is 26.2 Å². The number of hydrogen-bond donors (Lipinski definition) is 2. The molecule has 10 nitrogen and oxygen atoms in total. The zero-order chi connectivity index (χ0) is 25.5. The fourth-order valence-electron chi connectivity index (χ4n) is 5.30. The highest BCUT2D eigenvalue weighted by Gasteiger charge is 2.21. The highest BCUT2D eigenvalue weighted by Crippen LogP contribution is 2.39. The second-order valence-electron chi connectivity index (χ2n) is 9.96. The zero-order valence-electron chi connectivity index (χ0n) is 21.3. The maximum absolute atomic E-state index is 11.7. The normalized spacial score (nSPS) is 15.2. The van der Waals surface area contributed by atoms with Gasteiger partial charge in [0.2, 0.25) is 17.7 Å². The minimum atomic E-state index is 0.129. The van der Waals surface area contributed by atoms with Crippen molar-refractivity contribution in [2.45, 2.75) is 39.7 Å². The summed E-state index contributed by atoms with van der Waals surface area (Å²) in [5, 5.41) is 17.9. The van der Waals surface area contributed by atoms with Gasteiger partial charge in [-0.2, -0.15) is 5.10 Å². The van der Waals surface area contributed by atoms with Crippen molar-refractivity contribution in [3.8, 4) is 22.7 Å². The van der Waals surface area contributed by atoms with Gasteiger partial charge in [-0.05, 0) is 42.2 Å². The number of amides is 1. The first-order valence-electron chi connectivity index (χ1n) is 12.7. The van der Waals surface area contributed by atoms with Crippen molar-refractivity contribution in [1.82, 2.24) is 40.2 Å². The highest BCUT2D eigenvalue weighted by molar-refractivity contribution is 5.99. The van der Waals surface area contributed by atoms with Crippen LogP contribution in [0.5, 0.6) is 0 Å². The molecule has 1 aliphatic rings. The summed E-state index contributed by atoms with van der Waals surface area (Å²) in [5.74, 6) is 1.51. The standard InChI is InChI=1S/C27H30N8O2/c1-16(2)24-20-13-18(5-6-22(20)30-25(24)19-7-8-28-26-21(19)14-29-32-26)27-33-31-23(37-27)15-34-9-4-10-35(12-11-34)17(3)36/h5-8,13-14,16,30H,4,9-12,15H2,1-3H3,(H,28,29,32). The molecule has 0 aliphatic carbocycles. The Morgan fingerprint density at radius 1 is 1.11 bits per heavy atom. The van der Waals surface area contributed by atoms with Crippen LogP contribution in [0, 0.1) is 0 Å². The number of aromatic amines is 2. The van der Waals surface area contributed by atoms with Crippen molar-refractivity contribution in [2.24, 2.45) is 0 Å². The maximum atomic E-state index is 11.7. The van der Waals surface area contributed by atoms with Gasteiger partial charge in [0.05, 0.1) is 18.4 Å². The zero-order valence-corrected chi connectivity index (χ0v) is 21.3. The molecule has 4 aromatic heterocycles. The van der Waals surface area contributed by atoms with Crippen LogP contribution in [0.4, 0.5) is 0 Å². The van der Waals surface area contributed by atoms with Crippen molar-refractivity contribution in [1.29, 1.82) is 0 Å². The van der Waals surface area contributed by atoms with E-state index in [9.17, 15) is 4.79 Å². The summed E-state index contributed by atoms with van der Waals surface area (Å²) >= 11 is 0. The Morgan fingerprint density at radius 2 is 2.00 bits per heavy atom. The van der Waals surface area contributed by atoms with Crippen LogP contribution in [-0.4, -0.2) is 72.2 Å². The van der Waals surface area contributed by atoms with Crippen LogP contribution in [0.3, 0.4) is 0 Å². The summed E-state index contributed by atoms with van der Waals surface area (Å²) in [4.78, 5) is 23.9. The Balaban J connectivity index is 1.30. The number of pyridine rings is 1. The van der Waals surface area contributed by atoms with Crippen molar-refractivity contribution in [3.63, 3.8) is 0 Å². The fourth-order valence-corrected chi connectivity index (χ4v) is 5.30. The molecule has 0 radical (unpaired) electrons. The van der Waals surface area contributed by atoms with E-state index in [1.54, 1.807) is 13.1 Å².